The molecule has 24 heavy (non-hydrogen) atoms. The van der Waals surface area contributed by atoms with Crippen molar-refractivity contribution in [1.29, 1.82) is 0 Å². The van der Waals surface area contributed by atoms with Gasteiger partial charge in [0.05, 0.1) is 4.90 Å². The van der Waals surface area contributed by atoms with Gasteiger partial charge in [0.25, 0.3) is 0 Å². The van der Waals surface area contributed by atoms with Crippen molar-refractivity contribution in [3.8, 4) is 0 Å². The molecule has 0 aromatic heterocycles. The highest BCUT2D eigenvalue weighted by Gasteiger charge is 2.42. The molecule has 2 heterocycles. The zero-order valence-electron chi connectivity index (χ0n) is 13.9. The van der Waals surface area contributed by atoms with Crippen LogP contribution in [0.1, 0.15) is 31.2 Å². The van der Waals surface area contributed by atoms with Gasteiger partial charge in [0.2, 0.25) is 10.0 Å². The Kier molecular flexibility index (Phi) is 4.94. The van der Waals surface area contributed by atoms with Crippen LogP contribution < -0.4 is 0 Å². The fraction of sp³-hybridized carbons (Fsp3) is 0.588. The molecule has 0 aliphatic carbocycles. The number of carboxylic acid groups (broad SMARTS) is 1. The molecule has 0 saturated carbocycles. The van der Waals surface area contributed by atoms with Crippen molar-refractivity contribution >= 4 is 16.0 Å². The van der Waals surface area contributed by atoms with E-state index in [9.17, 15) is 18.3 Å². The molecule has 0 radical (unpaired) electrons. The first-order chi connectivity index (χ1) is 11.4. The van der Waals surface area contributed by atoms with Crippen molar-refractivity contribution in [2.75, 3.05) is 19.6 Å². The average molecular weight is 352 g/mol. The molecule has 2 atom stereocenters. The van der Waals surface area contributed by atoms with Crippen LogP contribution >= 0.6 is 0 Å². The summed E-state index contributed by atoms with van der Waals surface area (Å²) in [5.74, 6) is -1.06. The minimum atomic E-state index is -3.79. The Labute approximate surface area is 143 Å². The monoisotopic (exact) mass is 352 g/mol. The average Bonchev–Trinajstić information content (AvgIpc) is 3.08. The molecular formula is C17H24N2O4S. The lowest BCUT2D eigenvalue weighted by atomic mass is 9.98. The molecule has 2 unspecified atom stereocenters. The van der Waals surface area contributed by atoms with Crippen molar-refractivity contribution in [1.82, 2.24) is 9.21 Å². The molecule has 7 heteroatoms. The number of sulfonamides is 1. The van der Waals surface area contributed by atoms with Crippen LogP contribution in [0, 0.1) is 6.92 Å². The maximum Gasteiger partial charge on any atom is 0.322 e. The summed E-state index contributed by atoms with van der Waals surface area (Å²) in [5, 5.41) is 9.61. The lowest BCUT2D eigenvalue weighted by Gasteiger charge is -2.39. The second kappa shape index (κ2) is 6.82. The molecule has 2 aliphatic rings. The van der Waals surface area contributed by atoms with E-state index in [0.717, 1.165) is 31.5 Å². The van der Waals surface area contributed by atoms with Crippen LogP contribution in [0.3, 0.4) is 0 Å². The second-order valence-corrected chi connectivity index (χ2v) is 8.60. The van der Waals surface area contributed by atoms with E-state index in [2.05, 4.69) is 4.90 Å². The van der Waals surface area contributed by atoms with Crippen LogP contribution in [0.15, 0.2) is 29.2 Å². The largest absolute Gasteiger partial charge is 0.480 e. The lowest BCUT2D eigenvalue weighted by molar-refractivity contribution is -0.143. The van der Waals surface area contributed by atoms with Gasteiger partial charge in [0.1, 0.15) is 6.04 Å². The fourth-order valence-corrected chi connectivity index (χ4v) is 5.50. The standard InChI is InChI=1S/C17H24N2O4S/c1-13-5-4-6-15(11-13)24(22,23)19-10-7-14(12-16(19)17(20)21)18-8-2-3-9-18/h4-6,11,14,16H,2-3,7-10,12H2,1H3,(H,20,21). The summed E-state index contributed by atoms with van der Waals surface area (Å²) in [6.07, 6.45) is 3.33. The molecule has 0 bridgehead atoms. The van der Waals surface area contributed by atoms with Crippen LogP contribution in [0.5, 0.6) is 0 Å². The Hall–Kier alpha value is -1.44. The summed E-state index contributed by atoms with van der Waals surface area (Å²) in [4.78, 5) is 14.2. The summed E-state index contributed by atoms with van der Waals surface area (Å²) in [7, 11) is -3.79. The number of carbonyl (C=O) groups is 1. The summed E-state index contributed by atoms with van der Waals surface area (Å²) in [6, 6.07) is 5.82. The smallest absolute Gasteiger partial charge is 0.322 e. The predicted molar refractivity (Wildman–Crippen MR) is 90.3 cm³/mol. The molecule has 0 amide bonds. The maximum atomic E-state index is 12.9. The van der Waals surface area contributed by atoms with Crippen molar-refractivity contribution in [3.63, 3.8) is 0 Å². The van der Waals surface area contributed by atoms with Crippen molar-refractivity contribution in [2.45, 2.75) is 49.6 Å². The van der Waals surface area contributed by atoms with Gasteiger partial charge in [-0.3, -0.25) is 4.79 Å². The lowest BCUT2D eigenvalue weighted by Crippen LogP contribution is -2.54. The van der Waals surface area contributed by atoms with Gasteiger partial charge in [-0.25, -0.2) is 8.42 Å². The van der Waals surface area contributed by atoms with E-state index >= 15 is 0 Å². The maximum absolute atomic E-state index is 12.9. The van der Waals surface area contributed by atoms with E-state index in [1.807, 2.05) is 13.0 Å². The number of carboxylic acids is 1. The molecule has 1 N–H and O–H groups in total. The zero-order chi connectivity index (χ0) is 17.3. The molecule has 2 fully saturated rings. The van der Waals surface area contributed by atoms with E-state index in [0.29, 0.717) is 12.8 Å². The molecule has 6 nitrogen and oxygen atoms in total. The second-order valence-electron chi connectivity index (χ2n) is 6.71. The van der Waals surface area contributed by atoms with Crippen molar-refractivity contribution < 1.29 is 18.3 Å². The highest BCUT2D eigenvalue weighted by Crippen LogP contribution is 2.29. The SMILES string of the molecule is Cc1cccc(S(=O)(=O)N2CCC(N3CCCC3)CC2C(=O)O)c1. The summed E-state index contributed by atoms with van der Waals surface area (Å²) in [6.45, 7) is 4.06. The minimum Gasteiger partial charge on any atom is -0.480 e. The number of hydrogen-bond acceptors (Lipinski definition) is 4. The Morgan fingerprint density at radius 3 is 2.54 bits per heavy atom. The number of aryl methyl sites for hydroxylation is 1. The quantitative estimate of drug-likeness (QED) is 0.892. The molecular weight excluding hydrogens is 328 g/mol. The molecule has 132 valence electrons. The third-order valence-corrected chi connectivity index (χ3v) is 6.97. The summed E-state index contributed by atoms with van der Waals surface area (Å²) < 4.78 is 27.0. The van der Waals surface area contributed by atoms with Gasteiger partial charge in [0.15, 0.2) is 0 Å². The Bertz CT molecular complexity index is 713. The topological polar surface area (TPSA) is 77.9 Å². The first kappa shape index (κ1) is 17.4. The third kappa shape index (κ3) is 3.34. The third-order valence-electron chi connectivity index (χ3n) is 5.06. The molecule has 3 rings (SSSR count). The predicted octanol–water partition coefficient (Wildman–Crippen LogP) is 1.70. The van der Waals surface area contributed by atoms with Gasteiger partial charge >= 0.3 is 5.97 Å². The van der Waals surface area contributed by atoms with Crippen LogP contribution in [0.25, 0.3) is 0 Å². The minimum absolute atomic E-state index is 0.164. The van der Waals surface area contributed by atoms with Crippen LogP contribution in [-0.2, 0) is 14.8 Å². The Balaban J connectivity index is 1.85. The molecule has 2 saturated heterocycles. The van der Waals surface area contributed by atoms with Crippen molar-refractivity contribution in [3.05, 3.63) is 29.8 Å². The van der Waals surface area contributed by atoms with Crippen LogP contribution in [-0.4, -0.2) is 60.4 Å². The van der Waals surface area contributed by atoms with E-state index in [1.165, 1.54) is 10.4 Å². The number of piperidine rings is 1. The molecule has 0 spiro atoms. The van der Waals surface area contributed by atoms with Gasteiger partial charge < -0.3 is 10.0 Å². The van der Waals surface area contributed by atoms with Crippen LogP contribution in [0.2, 0.25) is 0 Å². The van der Waals surface area contributed by atoms with E-state index in [-0.39, 0.29) is 17.5 Å². The van der Waals surface area contributed by atoms with E-state index in [1.54, 1.807) is 12.1 Å². The highest BCUT2D eigenvalue weighted by molar-refractivity contribution is 7.89. The normalized spacial score (nSPS) is 26.5. The first-order valence-electron chi connectivity index (χ1n) is 8.45. The van der Waals surface area contributed by atoms with Gasteiger partial charge in [-0.15, -0.1) is 0 Å². The van der Waals surface area contributed by atoms with E-state index in [4.69, 9.17) is 0 Å². The molecule has 1 aromatic rings. The van der Waals surface area contributed by atoms with Gasteiger partial charge in [0, 0.05) is 12.6 Å². The Morgan fingerprint density at radius 1 is 1.21 bits per heavy atom. The number of likely N-dealkylation sites (tertiary alicyclic amines) is 1. The Morgan fingerprint density at radius 2 is 1.92 bits per heavy atom. The molecule has 2 aliphatic heterocycles. The van der Waals surface area contributed by atoms with Crippen molar-refractivity contribution in [2.24, 2.45) is 0 Å². The van der Waals surface area contributed by atoms with Crippen LogP contribution in [0.4, 0.5) is 0 Å². The van der Waals surface area contributed by atoms with Gasteiger partial charge in [-0.05, 0) is 63.4 Å². The zero-order valence-corrected chi connectivity index (χ0v) is 14.7. The highest BCUT2D eigenvalue weighted by atomic mass is 32.2. The number of benzene rings is 1. The number of hydrogen-bond donors (Lipinski definition) is 1. The number of nitrogens with zero attached hydrogens (tertiary/aromatic N) is 2. The van der Waals surface area contributed by atoms with E-state index < -0.39 is 22.0 Å². The number of rotatable bonds is 4. The summed E-state index contributed by atoms with van der Waals surface area (Å²) in [5.41, 5.74) is 0.843. The molecule has 1 aromatic carbocycles. The van der Waals surface area contributed by atoms with Gasteiger partial charge in [-0.1, -0.05) is 12.1 Å². The number of aliphatic carboxylic acids is 1. The first-order valence-corrected chi connectivity index (χ1v) is 9.89. The fourth-order valence-electron chi connectivity index (χ4n) is 3.79. The van der Waals surface area contributed by atoms with Gasteiger partial charge in [-0.2, -0.15) is 4.31 Å². The summed E-state index contributed by atoms with van der Waals surface area (Å²) >= 11 is 0.